The maximum atomic E-state index is 10.8. The zero-order valence-corrected chi connectivity index (χ0v) is 8.13. The maximum Gasteiger partial charge on any atom is 0.335 e. The highest BCUT2D eigenvalue weighted by Crippen LogP contribution is 2.24. The summed E-state index contributed by atoms with van der Waals surface area (Å²) in [7, 11) is 0. The van der Waals surface area contributed by atoms with Gasteiger partial charge in [-0.15, -0.1) is 11.6 Å². The van der Waals surface area contributed by atoms with Crippen molar-refractivity contribution in [3.05, 3.63) is 12.2 Å². The molecule has 0 spiro atoms. The second kappa shape index (κ2) is 4.19. The summed E-state index contributed by atoms with van der Waals surface area (Å²) in [4.78, 5) is 10.8. The Balaban J connectivity index is 4.04. The van der Waals surface area contributed by atoms with Crippen LogP contribution in [-0.4, -0.2) is 16.4 Å². The Morgan fingerprint density at radius 1 is 1.64 bits per heavy atom. The summed E-state index contributed by atoms with van der Waals surface area (Å²) >= 11 is 16.1. The van der Waals surface area contributed by atoms with Gasteiger partial charge in [0, 0.05) is 5.57 Å². The number of halogens is 3. The quantitative estimate of drug-likeness (QED) is 0.412. The van der Waals surface area contributed by atoms with Gasteiger partial charge in [-0.3, -0.25) is 0 Å². The first-order chi connectivity index (χ1) is 4.89. The van der Waals surface area contributed by atoms with Gasteiger partial charge in [0.2, 0.25) is 0 Å². The number of hydrogen-bond acceptors (Lipinski definition) is 2. The molecule has 0 N–H and O–H groups in total. The molecular weight excluding hydrogens is 210 g/mol. The van der Waals surface area contributed by atoms with E-state index in [0.29, 0.717) is 0 Å². The molecule has 0 bridgehead atoms. The van der Waals surface area contributed by atoms with E-state index in [1.165, 1.54) is 6.92 Å². The lowest BCUT2D eigenvalue weighted by Crippen LogP contribution is -2.24. The molecule has 0 rings (SSSR count). The van der Waals surface area contributed by atoms with Gasteiger partial charge < -0.3 is 4.74 Å². The average molecular weight is 217 g/mol. The van der Waals surface area contributed by atoms with Crippen LogP contribution in [0.25, 0.3) is 0 Å². The molecule has 0 saturated carbocycles. The Morgan fingerprint density at radius 3 is 2.36 bits per heavy atom. The first-order valence-electron chi connectivity index (χ1n) is 2.71. The van der Waals surface area contributed by atoms with E-state index in [1.54, 1.807) is 0 Å². The number of carbonyl (C=O) groups excluding carboxylic acids is 1. The van der Waals surface area contributed by atoms with Crippen molar-refractivity contribution >= 4 is 40.8 Å². The third-order valence-electron chi connectivity index (χ3n) is 0.746. The lowest BCUT2D eigenvalue weighted by atomic mass is 10.4. The van der Waals surface area contributed by atoms with Gasteiger partial charge in [0.05, 0.1) is 5.88 Å². The molecule has 64 valence electrons. The molecule has 0 aromatic heterocycles. The smallest absolute Gasteiger partial charge is 0.335 e. The van der Waals surface area contributed by atoms with Gasteiger partial charge in [0.25, 0.3) is 4.52 Å². The third-order valence-corrected chi connectivity index (χ3v) is 1.82. The van der Waals surface area contributed by atoms with Crippen molar-refractivity contribution in [3.8, 4) is 0 Å². The lowest BCUT2D eigenvalue weighted by molar-refractivity contribution is -0.141. The number of esters is 1. The van der Waals surface area contributed by atoms with Crippen LogP contribution >= 0.6 is 34.8 Å². The van der Waals surface area contributed by atoms with Crippen LogP contribution in [0.15, 0.2) is 12.2 Å². The molecule has 0 aliphatic heterocycles. The van der Waals surface area contributed by atoms with Gasteiger partial charge in [-0.05, 0) is 6.92 Å². The summed E-state index contributed by atoms with van der Waals surface area (Å²) in [5, 5.41) is 0. The summed E-state index contributed by atoms with van der Waals surface area (Å²) in [6.45, 7) is 4.83. The number of carbonyl (C=O) groups is 1. The van der Waals surface area contributed by atoms with Crippen molar-refractivity contribution in [2.75, 3.05) is 5.88 Å². The zero-order chi connectivity index (χ0) is 9.07. The molecule has 11 heavy (non-hydrogen) atoms. The predicted molar refractivity (Wildman–Crippen MR) is 46.1 cm³/mol. The van der Waals surface area contributed by atoms with Crippen molar-refractivity contribution in [2.45, 2.75) is 11.4 Å². The van der Waals surface area contributed by atoms with Crippen molar-refractivity contribution < 1.29 is 9.53 Å². The number of rotatable bonds is 3. The second-order valence-corrected chi connectivity index (χ2v) is 3.62. The SMILES string of the molecule is C=C(C)C(=O)OC(Cl)(Cl)CCl. The highest BCUT2D eigenvalue weighted by molar-refractivity contribution is 6.50. The van der Waals surface area contributed by atoms with Gasteiger partial charge in [0.1, 0.15) is 0 Å². The van der Waals surface area contributed by atoms with Gasteiger partial charge in [-0.2, -0.15) is 0 Å². The van der Waals surface area contributed by atoms with E-state index in [-0.39, 0.29) is 11.5 Å². The first-order valence-corrected chi connectivity index (χ1v) is 4.01. The van der Waals surface area contributed by atoms with E-state index in [2.05, 4.69) is 11.3 Å². The minimum Gasteiger partial charge on any atom is -0.424 e. The molecule has 0 aromatic carbocycles. The van der Waals surface area contributed by atoms with Crippen LogP contribution < -0.4 is 0 Å². The monoisotopic (exact) mass is 216 g/mol. The van der Waals surface area contributed by atoms with E-state index in [1.807, 2.05) is 0 Å². The van der Waals surface area contributed by atoms with E-state index in [4.69, 9.17) is 34.8 Å². The number of alkyl halides is 3. The Bertz CT molecular complexity index is 177. The Kier molecular flexibility index (Phi) is 4.22. The fraction of sp³-hybridized carbons (Fsp3) is 0.500. The summed E-state index contributed by atoms with van der Waals surface area (Å²) < 4.78 is 2.85. The second-order valence-electron chi connectivity index (χ2n) is 1.94. The normalized spacial score (nSPS) is 10.9. The molecular formula is C6H7Cl3O2. The summed E-state index contributed by atoms with van der Waals surface area (Å²) in [6, 6.07) is 0. The zero-order valence-electron chi connectivity index (χ0n) is 5.86. The van der Waals surface area contributed by atoms with E-state index < -0.39 is 10.5 Å². The van der Waals surface area contributed by atoms with Crippen LogP contribution in [0.5, 0.6) is 0 Å². The molecule has 5 heteroatoms. The average Bonchev–Trinajstić information content (AvgIpc) is 1.87. The lowest BCUT2D eigenvalue weighted by Gasteiger charge is -2.16. The minimum absolute atomic E-state index is 0.185. The van der Waals surface area contributed by atoms with Crippen LogP contribution in [0.2, 0.25) is 0 Å². The molecule has 0 aliphatic carbocycles. The number of ether oxygens (including phenoxy) is 1. The molecule has 0 unspecified atom stereocenters. The van der Waals surface area contributed by atoms with Gasteiger partial charge in [-0.1, -0.05) is 29.8 Å². The van der Waals surface area contributed by atoms with E-state index >= 15 is 0 Å². The molecule has 2 nitrogen and oxygen atoms in total. The van der Waals surface area contributed by atoms with Crippen LogP contribution in [-0.2, 0) is 9.53 Å². The van der Waals surface area contributed by atoms with Crippen molar-refractivity contribution in [1.82, 2.24) is 0 Å². The van der Waals surface area contributed by atoms with Crippen LogP contribution in [0, 0.1) is 0 Å². The van der Waals surface area contributed by atoms with Crippen molar-refractivity contribution in [1.29, 1.82) is 0 Å². The molecule has 0 saturated heterocycles. The topological polar surface area (TPSA) is 26.3 Å². The van der Waals surface area contributed by atoms with Crippen LogP contribution in [0.1, 0.15) is 6.92 Å². The van der Waals surface area contributed by atoms with Gasteiger partial charge >= 0.3 is 5.97 Å². The van der Waals surface area contributed by atoms with Crippen LogP contribution in [0.4, 0.5) is 0 Å². The van der Waals surface area contributed by atoms with Crippen LogP contribution in [0.3, 0.4) is 0 Å². The molecule has 0 heterocycles. The largest absolute Gasteiger partial charge is 0.424 e. The summed E-state index contributed by atoms with van der Waals surface area (Å²) in [5.41, 5.74) is 0.223. The molecule has 0 aliphatic rings. The molecule has 0 radical (unpaired) electrons. The molecule has 0 aromatic rings. The van der Waals surface area contributed by atoms with Gasteiger partial charge in [0.15, 0.2) is 0 Å². The van der Waals surface area contributed by atoms with Crippen molar-refractivity contribution in [3.63, 3.8) is 0 Å². The minimum atomic E-state index is -1.66. The highest BCUT2D eigenvalue weighted by atomic mass is 35.5. The van der Waals surface area contributed by atoms with Gasteiger partial charge in [-0.25, -0.2) is 4.79 Å². The Labute approximate surface area is 80.1 Å². The van der Waals surface area contributed by atoms with E-state index in [0.717, 1.165) is 0 Å². The summed E-state index contributed by atoms with van der Waals surface area (Å²) in [5.74, 6) is -0.842. The molecule has 0 amide bonds. The van der Waals surface area contributed by atoms with Crippen molar-refractivity contribution in [2.24, 2.45) is 0 Å². The predicted octanol–water partition coefficient (Wildman–Crippen LogP) is 2.48. The van der Waals surface area contributed by atoms with E-state index in [9.17, 15) is 4.79 Å². The Morgan fingerprint density at radius 2 is 2.09 bits per heavy atom. The maximum absolute atomic E-state index is 10.8. The molecule has 0 atom stereocenters. The summed E-state index contributed by atoms with van der Waals surface area (Å²) in [6.07, 6.45) is 0. The fourth-order valence-electron chi connectivity index (χ4n) is 0.250. The fourth-order valence-corrected chi connectivity index (χ4v) is 0.445. The third kappa shape index (κ3) is 4.51. The highest BCUT2D eigenvalue weighted by Gasteiger charge is 2.27. The number of hydrogen-bond donors (Lipinski definition) is 0. The standard InChI is InChI=1S/C6H7Cl3O2/c1-4(2)5(10)11-6(8,9)3-7/h1,3H2,2H3. The first kappa shape index (κ1) is 11.1. The Hall–Kier alpha value is 0.0800. The molecule has 0 fully saturated rings.